The van der Waals surface area contributed by atoms with Crippen LogP contribution < -0.4 is 14.8 Å². The van der Waals surface area contributed by atoms with Gasteiger partial charge in [0.25, 0.3) is 5.91 Å². The van der Waals surface area contributed by atoms with Gasteiger partial charge in [-0.2, -0.15) is 0 Å². The highest BCUT2D eigenvalue weighted by Crippen LogP contribution is 2.39. The normalized spacial score (nSPS) is 12.3. The number of anilines is 1. The molecular weight excluding hydrogens is 393 g/mol. The molecule has 0 aliphatic carbocycles. The first kappa shape index (κ1) is 13.5. The van der Waals surface area contributed by atoms with E-state index in [0.29, 0.717) is 27.8 Å². The average molecular weight is 402 g/mol. The van der Waals surface area contributed by atoms with E-state index in [-0.39, 0.29) is 12.7 Å². The lowest BCUT2D eigenvalue weighted by Gasteiger charge is -2.08. The minimum Gasteiger partial charge on any atom is -0.454 e. The van der Waals surface area contributed by atoms with Crippen molar-refractivity contribution in [3.05, 3.63) is 50.6 Å². The minimum atomic E-state index is -0.220. The highest BCUT2D eigenvalue weighted by Gasteiger charge is 2.18. The molecule has 3 rings (SSSR count). The summed E-state index contributed by atoms with van der Waals surface area (Å²) in [5.41, 5.74) is 1.07. The summed E-state index contributed by atoms with van der Waals surface area (Å²) in [4.78, 5) is 12.1. The quantitative estimate of drug-likeness (QED) is 0.776. The summed E-state index contributed by atoms with van der Waals surface area (Å²) in [6, 6.07) is 10.6. The lowest BCUT2D eigenvalue weighted by Crippen LogP contribution is -2.12. The fourth-order valence-corrected chi connectivity index (χ4v) is 2.37. The van der Waals surface area contributed by atoms with E-state index in [1.54, 1.807) is 24.3 Å². The predicted octanol–water partition coefficient (Wildman–Crippen LogP) is 3.93. The first-order valence-electron chi connectivity index (χ1n) is 5.79. The number of hydrogen-bond donors (Lipinski definition) is 1. The fraction of sp³-hybridized carbons (Fsp3) is 0.0714. The van der Waals surface area contributed by atoms with Crippen LogP contribution in [0.25, 0.3) is 0 Å². The van der Waals surface area contributed by atoms with E-state index in [1.165, 1.54) is 0 Å². The molecule has 1 aliphatic rings. The number of nitrogens with one attached hydrogen (secondary N) is 1. The lowest BCUT2D eigenvalue weighted by molar-refractivity contribution is 0.102. The Labute approximate surface area is 134 Å². The Morgan fingerprint density at radius 3 is 2.50 bits per heavy atom. The Balaban J connectivity index is 1.84. The summed E-state index contributed by atoms with van der Waals surface area (Å²) >= 11 is 8.30. The molecule has 4 nitrogen and oxygen atoms in total. The van der Waals surface area contributed by atoms with Gasteiger partial charge in [0.15, 0.2) is 11.5 Å². The van der Waals surface area contributed by atoms with Crippen molar-refractivity contribution in [3.63, 3.8) is 0 Å². The number of fused-ring (bicyclic) bond motifs is 1. The number of carbonyl (C=O) groups is 1. The maximum absolute atomic E-state index is 12.1. The van der Waals surface area contributed by atoms with Crippen LogP contribution in [-0.2, 0) is 0 Å². The Bertz CT molecular complexity index is 673. The molecule has 0 fully saturated rings. The first-order chi connectivity index (χ1) is 9.63. The SMILES string of the molecule is O=C(Nc1cc2c(cc1Cl)OCO2)c1ccc(I)cc1. The van der Waals surface area contributed by atoms with Crippen LogP contribution in [0.15, 0.2) is 36.4 Å². The fourth-order valence-electron chi connectivity index (χ4n) is 1.81. The number of ether oxygens (including phenoxy) is 2. The van der Waals surface area contributed by atoms with Gasteiger partial charge in [-0.1, -0.05) is 11.6 Å². The van der Waals surface area contributed by atoms with Gasteiger partial charge < -0.3 is 14.8 Å². The number of halogens is 2. The van der Waals surface area contributed by atoms with Gasteiger partial charge in [0, 0.05) is 21.3 Å². The second-order valence-corrected chi connectivity index (χ2v) is 5.80. The third-order valence-corrected chi connectivity index (χ3v) is 3.85. The highest BCUT2D eigenvalue weighted by atomic mass is 127. The van der Waals surface area contributed by atoms with Crippen molar-refractivity contribution in [2.75, 3.05) is 12.1 Å². The van der Waals surface area contributed by atoms with Crippen LogP contribution >= 0.6 is 34.2 Å². The molecule has 0 aromatic heterocycles. The third-order valence-electron chi connectivity index (χ3n) is 2.82. The molecule has 1 amide bonds. The van der Waals surface area contributed by atoms with Crippen molar-refractivity contribution in [2.24, 2.45) is 0 Å². The highest BCUT2D eigenvalue weighted by molar-refractivity contribution is 14.1. The summed E-state index contributed by atoms with van der Waals surface area (Å²) in [5, 5.41) is 3.18. The second-order valence-electron chi connectivity index (χ2n) is 4.15. The van der Waals surface area contributed by atoms with Crippen molar-refractivity contribution in [3.8, 4) is 11.5 Å². The van der Waals surface area contributed by atoms with Gasteiger partial charge >= 0.3 is 0 Å². The van der Waals surface area contributed by atoms with Crippen LogP contribution in [-0.4, -0.2) is 12.7 Å². The molecule has 0 spiro atoms. The summed E-state index contributed by atoms with van der Waals surface area (Å²) in [6.45, 7) is 0.167. The second kappa shape index (κ2) is 5.49. The average Bonchev–Trinajstić information content (AvgIpc) is 2.87. The summed E-state index contributed by atoms with van der Waals surface area (Å²) in [5.74, 6) is 0.941. The van der Waals surface area contributed by atoms with Gasteiger partial charge in [0.1, 0.15) is 0 Å². The maximum atomic E-state index is 12.1. The van der Waals surface area contributed by atoms with E-state index < -0.39 is 0 Å². The van der Waals surface area contributed by atoms with Crippen LogP contribution in [0.5, 0.6) is 11.5 Å². The number of benzene rings is 2. The molecule has 0 saturated heterocycles. The summed E-state index contributed by atoms with van der Waals surface area (Å²) in [7, 11) is 0. The molecule has 1 heterocycles. The standard InChI is InChI=1S/C14H9ClINO3/c15-10-5-12-13(20-7-19-12)6-11(10)17-14(18)8-1-3-9(16)4-2-8/h1-6H,7H2,(H,17,18). The smallest absolute Gasteiger partial charge is 0.255 e. The zero-order valence-electron chi connectivity index (χ0n) is 10.2. The molecule has 0 radical (unpaired) electrons. The zero-order valence-corrected chi connectivity index (χ0v) is 13.1. The van der Waals surface area contributed by atoms with E-state index in [1.807, 2.05) is 12.1 Å². The van der Waals surface area contributed by atoms with E-state index in [0.717, 1.165) is 3.57 Å². The minimum absolute atomic E-state index is 0.167. The van der Waals surface area contributed by atoms with E-state index in [4.69, 9.17) is 21.1 Å². The van der Waals surface area contributed by atoms with Crippen LogP contribution in [0.2, 0.25) is 5.02 Å². The van der Waals surface area contributed by atoms with Crippen molar-refractivity contribution >= 4 is 45.8 Å². The molecule has 2 aromatic carbocycles. The molecule has 2 aromatic rings. The Morgan fingerprint density at radius 1 is 1.15 bits per heavy atom. The van der Waals surface area contributed by atoms with Crippen LogP contribution in [0.4, 0.5) is 5.69 Å². The molecule has 0 bridgehead atoms. The van der Waals surface area contributed by atoms with Crippen molar-refractivity contribution in [1.82, 2.24) is 0 Å². The molecule has 1 N–H and O–H groups in total. The van der Waals surface area contributed by atoms with Gasteiger partial charge in [0.05, 0.1) is 10.7 Å². The van der Waals surface area contributed by atoms with Gasteiger partial charge in [-0.15, -0.1) is 0 Å². The van der Waals surface area contributed by atoms with Gasteiger partial charge in [-0.3, -0.25) is 4.79 Å². The summed E-state index contributed by atoms with van der Waals surface area (Å²) in [6.07, 6.45) is 0. The number of hydrogen-bond acceptors (Lipinski definition) is 3. The van der Waals surface area contributed by atoms with E-state index in [2.05, 4.69) is 27.9 Å². The Morgan fingerprint density at radius 2 is 1.80 bits per heavy atom. The molecular formula is C14H9ClINO3. The molecule has 0 atom stereocenters. The van der Waals surface area contributed by atoms with Crippen molar-refractivity contribution in [1.29, 1.82) is 0 Å². The molecule has 0 unspecified atom stereocenters. The van der Waals surface area contributed by atoms with Gasteiger partial charge in [-0.25, -0.2) is 0 Å². The molecule has 0 saturated carbocycles. The van der Waals surface area contributed by atoms with E-state index in [9.17, 15) is 4.79 Å². The molecule has 20 heavy (non-hydrogen) atoms. The number of rotatable bonds is 2. The monoisotopic (exact) mass is 401 g/mol. The number of amides is 1. The largest absolute Gasteiger partial charge is 0.454 e. The number of carbonyl (C=O) groups excluding carboxylic acids is 1. The van der Waals surface area contributed by atoms with Crippen molar-refractivity contribution < 1.29 is 14.3 Å². The Hall–Kier alpha value is -1.47. The third kappa shape index (κ3) is 2.69. The summed E-state index contributed by atoms with van der Waals surface area (Å²) < 4.78 is 11.6. The predicted molar refractivity (Wildman–Crippen MR) is 84.7 cm³/mol. The van der Waals surface area contributed by atoms with Crippen LogP contribution in [0.1, 0.15) is 10.4 Å². The van der Waals surface area contributed by atoms with Crippen LogP contribution in [0.3, 0.4) is 0 Å². The molecule has 102 valence electrons. The van der Waals surface area contributed by atoms with Crippen molar-refractivity contribution in [2.45, 2.75) is 0 Å². The zero-order chi connectivity index (χ0) is 14.1. The van der Waals surface area contributed by atoms with Gasteiger partial charge in [-0.05, 0) is 46.9 Å². The van der Waals surface area contributed by atoms with E-state index >= 15 is 0 Å². The first-order valence-corrected chi connectivity index (χ1v) is 7.25. The molecule has 1 aliphatic heterocycles. The molecule has 6 heteroatoms. The lowest BCUT2D eigenvalue weighted by atomic mass is 10.2. The Kier molecular flexibility index (Phi) is 3.71. The van der Waals surface area contributed by atoms with Gasteiger partial charge in [0.2, 0.25) is 6.79 Å². The maximum Gasteiger partial charge on any atom is 0.255 e. The topological polar surface area (TPSA) is 47.6 Å². The van der Waals surface area contributed by atoms with Crippen LogP contribution in [0, 0.1) is 3.57 Å².